The monoisotopic (exact) mass is 475 g/mol. The number of rotatable bonds is 5. The van der Waals surface area contributed by atoms with Gasteiger partial charge in [-0.05, 0) is 23.6 Å². The van der Waals surface area contributed by atoms with E-state index in [1.807, 2.05) is 23.6 Å². The number of thiazole rings is 1. The van der Waals surface area contributed by atoms with Gasteiger partial charge in [-0.25, -0.2) is 9.78 Å². The van der Waals surface area contributed by atoms with Gasteiger partial charge in [-0.15, -0.1) is 22.7 Å². The lowest BCUT2D eigenvalue weighted by Gasteiger charge is -2.34. The summed E-state index contributed by atoms with van der Waals surface area (Å²) in [6.07, 6.45) is 0. The van der Waals surface area contributed by atoms with Crippen LogP contribution in [-0.4, -0.2) is 65.4 Å². The molecule has 0 spiro atoms. The first kappa shape index (κ1) is 21.5. The van der Waals surface area contributed by atoms with Crippen LogP contribution in [-0.2, 0) is 9.53 Å². The highest BCUT2D eigenvalue weighted by atomic mass is 35.5. The Balaban J connectivity index is 1.26. The highest BCUT2D eigenvalue weighted by Crippen LogP contribution is 2.26. The van der Waals surface area contributed by atoms with E-state index < -0.39 is 5.97 Å². The molecule has 2 amide bonds. The number of hydrogen-bond acceptors (Lipinski definition) is 7. The van der Waals surface area contributed by atoms with Gasteiger partial charge in [0.1, 0.15) is 5.01 Å². The van der Waals surface area contributed by atoms with Crippen LogP contribution in [0.2, 0.25) is 5.02 Å². The molecule has 1 aliphatic heterocycles. The number of nitrogens with zero attached hydrogens (tertiary/aromatic N) is 3. The normalized spacial score (nSPS) is 13.8. The van der Waals surface area contributed by atoms with Crippen molar-refractivity contribution < 1.29 is 19.1 Å². The molecule has 7 nitrogen and oxygen atoms in total. The fraction of sp³-hybridized carbons (Fsp3) is 0.238. The van der Waals surface area contributed by atoms with E-state index in [1.54, 1.807) is 33.4 Å². The zero-order valence-corrected chi connectivity index (χ0v) is 18.7. The van der Waals surface area contributed by atoms with E-state index in [1.165, 1.54) is 22.7 Å². The molecule has 0 aliphatic carbocycles. The minimum Gasteiger partial charge on any atom is -0.451 e. The lowest BCUT2D eigenvalue weighted by Crippen LogP contribution is -2.51. The molecule has 0 unspecified atom stereocenters. The summed E-state index contributed by atoms with van der Waals surface area (Å²) >= 11 is 8.70. The number of thiophene rings is 1. The smallest absolute Gasteiger partial charge is 0.358 e. The van der Waals surface area contributed by atoms with Crippen LogP contribution >= 0.6 is 34.3 Å². The molecule has 0 saturated carbocycles. The van der Waals surface area contributed by atoms with Crippen molar-refractivity contribution in [1.82, 2.24) is 14.8 Å². The first-order valence-corrected chi connectivity index (χ1v) is 11.6. The van der Waals surface area contributed by atoms with Crippen molar-refractivity contribution in [2.45, 2.75) is 0 Å². The van der Waals surface area contributed by atoms with Crippen molar-refractivity contribution >= 4 is 52.1 Å². The van der Waals surface area contributed by atoms with Gasteiger partial charge in [-0.2, -0.15) is 0 Å². The highest BCUT2D eigenvalue weighted by Gasteiger charge is 2.26. The largest absolute Gasteiger partial charge is 0.451 e. The van der Waals surface area contributed by atoms with Crippen LogP contribution in [0.15, 0.2) is 47.2 Å². The maximum absolute atomic E-state index is 12.4. The zero-order valence-electron chi connectivity index (χ0n) is 16.3. The van der Waals surface area contributed by atoms with Gasteiger partial charge < -0.3 is 14.5 Å². The van der Waals surface area contributed by atoms with Crippen LogP contribution in [0.3, 0.4) is 0 Å². The number of piperazine rings is 1. The van der Waals surface area contributed by atoms with Crippen molar-refractivity contribution in [1.29, 1.82) is 0 Å². The molecule has 0 atom stereocenters. The van der Waals surface area contributed by atoms with E-state index >= 15 is 0 Å². The molecule has 31 heavy (non-hydrogen) atoms. The fourth-order valence-electron chi connectivity index (χ4n) is 3.13. The van der Waals surface area contributed by atoms with Gasteiger partial charge in [0.05, 0.1) is 4.88 Å². The number of ether oxygens (including phenoxy) is 1. The maximum atomic E-state index is 12.4. The molecule has 1 aliphatic rings. The number of halogens is 1. The molecule has 2 aromatic heterocycles. The molecule has 160 valence electrons. The van der Waals surface area contributed by atoms with Crippen molar-refractivity contribution in [3.05, 3.63) is 62.8 Å². The Morgan fingerprint density at radius 2 is 1.81 bits per heavy atom. The quantitative estimate of drug-likeness (QED) is 0.526. The number of carbonyl (C=O) groups excluding carboxylic acids is 3. The number of esters is 1. The number of amides is 2. The summed E-state index contributed by atoms with van der Waals surface area (Å²) in [5, 5.41) is 4.69. The van der Waals surface area contributed by atoms with Crippen LogP contribution in [0.25, 0.3) is 10.6 Å². The van der Waals surface area contributed by atoms with Gasteiger partial charge in [0.15, 0.2) is 12.3 Å². The minimum absolute atomic E-state index is 0.0208. The Morgan fingerprint density at radius 1 is 1.03 bits per heavy atom. The molecule has 3 aromatic rings. The van der Waals surface area contributed by atoms with E-state index in [0.29, 0.717) is 41.1 Å². The molecule has 0 radical (unpaired) electrons. The molecule has 10 heteroatoms. The molecular weight excluding hydrogens is 458 g/mol. The Morgan fingerprint density at radius 3 is 2.52 bits per heavy atom. The van der Waals surface area contributed by atoms with Crippen LogP contribution < -0.4 is 0 Å². The topological polar surface area (TPSA) is 79.8 Å². The van der Waals surface area contributed by atoms with Gasteiger partial charge in [0.2, 0.25) is 0 Å². The molecule has 3 heterocycles. The van der Waals surface area contributed by atoms with Gasteiger partial charge >= 0.3 is 5.97 Å². The van der Waals surface area contributed by atoms with Gasteiger partial charge in [0, 0.05) is 42.1 Å². The van der Waals surface area contributed by atoms with Crippen LogP contribution in [0.4, 0.5) is 0 Å². The second-order valence-corrected chi connectivity index (χ2v) is 9.02. The number of benzene rings is 1. The van der Waals surface area contributed by atoms with Crippen molar-refractivity contribution in [2.75, 3.05) is 32.8 Å². The molecular formula is C21H18ClN3O4S2. The van der Waals surface area contributed by atoms with Crippen molar-refractivity contribution in [3.8, 4) is 10.6 Å². The van der Waals surface area contributed by atoms with Crippen molar-refractivity contribution in [3.63, 3.8) is 0 Å². The molecule has 4 rings (SSSR count). The summed E-state index contributed by atoms with van der Waals surface area (Å²) in [4.78, 5) is 45.4. The summed E-state index contributed by atoms with van der Waals surface area (Å²) in [5.74, 6) is -0.959. The lowest BCUT2D eigenvalue weighted by atomic mass is 10.2. The molecule has 1 aromatic carbocycles. The predicted octanol–water partition coefficient (Wildman–Crippen LogP) is 3.67. The van der Waals surface area contributed by atoms with E-state index in [-0.39, 0.29) is 24.1 Å². The van der Waals surface area contributed by atoms with Gasteiger partial charge in [-0.1, -0.05) is 29.8 Å². The predicted molar refractivity (Wildman–Crippen MR) is 120 cm³/mol. The average molecular weight is 476 g/mol. The number of carbonyl (C=O) groups is 3. The summed E-state index contributed by atoms with van der Waals surface area (Å²) in [7, 11) is 0. The number of aromatic nitrogens is 1. The van der Waals surface area contributed by atoms with Crippen LogP contribution in [0, 0.1) is 0 Å². The average Bonchev–Trinajstić information content (AvgIpc) is 3.49. The Labute approximate surface area is 191 Å². The standard InChI is InChI=1S/C21H18ClN3O4S2/c22-15-4-1-3-14(11-15)19-23-16(13-31-19)21(28)29-12-18(26)24-6-8-25(9-7-24)20(27)17-5-2-10-30-17/h1-5,10-11,13H,6-9,12H2. The first-order chi connectivity index (χ1) is 15.0. The minimum atomic E-state index is -0.649. The highest BCUT2D eigenvalue weighted by molar-refractivity contribution is 7.13. The first-order valence-electron chi connectivity index (χ1n) is 9.50. The second-order valence-electron chi connectivity index (χ2n) is 6.77. The van der Waals surface area contributed by atoms with E-state index in [4.69, 9.17) is 16.3 Å². The molecule has 1 saturated heterocycles. The fourth-order valence-corrected chi connectivity index (χ4v) is 4.80. The van der Waals surface area contributed by atoms with Crippen molar-refractivity contribution in [2.24, 2.45) is 0 Å². The number of hydrogen-bond donors (Lipinski definition) is 0. The lowest BCUT2D eigenvalue weighted by molar-refractivity contribution is -0.136. The zero-order chi connectivity index (χ0) is 21.8. The summed E-state index contributed by atoms with van der Waals surface area (Å²) in [6, 6.07) is 10.8. The van der Waals surface area contributed by atoms with E-state index in [0.717, 1.165) is 5.56 Å². The van der Waals surface area contributed by atoms with Crippen LogP contribution in [0.1, 0.15) is 20.2 Å². The Kier molecular flexibility index (Phi) is 6.64. The summed E-state index contributed by atoms with van der Waals surface area (Å²) in [5.41, 5.74) is 0.960. The third-order valence-corrected chi connectivity index (χ3v) is 6.75. The van der Waals surface area contributed by atoms with Crippen LogP contribution in [0.5, 0.6) is 0 Å². The molecule has 1 fully saturated rings. The molecule has 0 N–H and O–H groups in total. The summed E-state index contributed by atoms with van der Waals surface area (Å²) < 4.78 is 5.16. The van der Waals surface area contributed by atoms with E-state index in [9.17, 15) is 14.4 Å². The second kappa shape index (κ2) is 9.59. The SMILES string of the molecule is O=C(OCC(=O)N1CCN(C(=O)c2cccs2)CC1)c1csc(-c2cccc(Cl)c2)n1. The van der Waals surface area contributed by atoms with E-state index in [2.05, 4.69) is 4.98 Å². The summed E-state index contributed by atoms with van der Waals surface area (Å²) in [6.45, 7) is 1.35. The molecule has 0 bridgehead atoms. The third kappa shape index (κ3) is 5.12. The van der Waals surface area contributed by atoms with Gasteiger partial charge in [0.25, 0.3) is 11.8 Å². The Bertz CT molecular complexity index is 1090. The van der Waals surface area contributed by atoms with Gasteiger partial charge in [-0.3, -0.25) is 9.59 Å². The third-order valence-electron chi connectivity index (χ3n) is 4.76. The maximum Gasteiger partial charge on any atom is 0.358 e. The Hall–Kier alpha value is -2.75.